The maximum absolute atomic E-state index is 13.2. The van der Waals surface area contributed by atoms with Gasteiger partial charge in [-0.1, -0.05) is 12.1 Å². The highest BCUT2D eigenvalue weighted by molar-refractivity contribution is 7.98. The largest absolute Gasteiger partial charge is 0.478 e. The van der Waals surface area contributed by atoms with E-state index < -0.39 is 11.8 Å². The number of aromatic carboxylic acids is 1. The van der Waals surface area contributed by atoms with Crippen molar-refractivity contribution in [2.45, 2.75) is 10.6 Å². The van der Waals surface area contributed by atoms with Crippen LogP contribution in [0.1, 0.15) is 15.9 Å². The first-order valence-electron chi connectivity index (χ1n) is 5.46. The van der Waals surface area contributed by atoms with Gasteiger partial charge in [-0.15, -0.1) is 11.8 Å². The SMILES string of the molecule is O=C(O)c1cc(SCc2cccc(F)c2)ccc1F. The first-order chi connectivity index (χ1) is 9.06. The van der Waals surface area contributed by atoms with Gasteiger partial charge in [-0.2, -0.15) is 0 Å². The van der Waals surface area contributed by atoms with Crippen molar-refractivity contribution in [3.8, 4) is 0 Å². The van der Waals surface area contributed by atoms with Crippen molar-refractivity contribution in [2.24, 2.45) is 0 Å². The molecule has 0 radical (unpaired) electrons. The Kier molecular flexibility index (Phi) is 4.16. The number of hydrogen-bond acceptors (Lipinski definition) is 2. The van der Waals surface area contributed by atoms with E-state index in [1.807, 2.05) is 0 Å². The Bertz CT molecular complexity index is 614. The molecule has 0 aliphatic carbocycles. The van der Waals surface area contributed by atoms with E-state index in [1.165, 1.54) is 36.0 Å². The van der Waals surface area contributed by atoms with Gasteiger partial charge in [0.15, 0.2) is 0 Å². The summed E-state index contributed by atoms with van der Waals surface area (Å²) >= 11 is 1.33. The fourth-order valence-corrected chi connectivity index (χ4v) is 2.43. The molecular weight excluding hydrogens is 270 g/mol. The number of carboxylic acid groups (broad SMARTS) is 1. The van der Waals surface area contributed by atoms with Crippen LogP contribution in [-0.2, 0) is 5.75 Å². The second kappa shape index (κ2) is 5.84. The summed E-state index contributed by atoms with van der Waals surface area (Å²) in [6.45, 7) is 0. The Morgan fingerprint density at radius 2 is 1.95 bits per heavy atom. The highest BCUT2D eigenvalue weighted by Crippen LogP contribution is 2.25. The molecule has 0 aromatic heterocycles. The first-order valence-corrected chi connectivity index (χ1v) is 6.45. The Hall–Kier alpha value is -1.88. The fraction of sp³-hybridized carbons (Fsp3) is 0.0714. The summed E-state index contributed by atoms with van der Waals surface area (Å²) in [4.78, 5) is 11.4. The molecule has 0 spiro atoms. The summed E-state index contributed by atoms with van der Waals surface area (Å²) in [5.41, 5.74) is 0.426. The lowest BCUT2D eigenvalue weighted by Gasteiger charge is -2.04. The van der Waals surface area contributed by atoms with Crippen LogP contribution in [0.4, 0.5) is 8.78 Å². The molecule has 2 aromatic rings. The third-order valence-corrected chi connectivity index (χ3v) is 3.53. The number of rotatable bonds is 4. The highest BCUT2D eigenvalue weighted by atomic mass is 32.2. The molecule has 2 aromatic carbocycles. The lowest BCUT2D eigenvalue weighted by atomic mass is 10.2. The van der Waals surface area contributed by atoms with Gasteiger partial charge in [-0.3, -0.25) is 0 Å². The number of thioether (sulfide) groups is 1. The zero-order chi connectivity index (χ0) is 13.8. The molecular formula is C14H10F2O2S. The summed E-state index contributed by atoms with van der Waals surface area (Å²) in [7, 11) is 0. The van der Waals surface area contributed by atoms with Gasteiger partial charge in [-0.05, 0) is 35.9 Å². The third-order valence-electron chi connectivity index (χ3n) is 2.46. The Balaban J connectivity index is 2.12. The van der Waals surface area contributed by atoms with Crippen molar-refractivity contribution < 1.29 is 18.7 Å². The van der Waals surface area contributed by atoms with E-state index in [1.54, 1.807) is 12.1 Å². The van der Waals surface area contributed by atoms with Crippen LogP contribution in [0.2, 0.25) is 0 Å². The predicted octanol–water partition coefficient (Wildman–Crippen LogP) is 3.96. The third kappa shape index (κ3) is 3.54. The number of hydrogen-bond donors (Lipinski definition) is 1. The Labute approximate surface area is 113 Å². The van der Waals surface area contributed by atoms with Crippen molar-refractivity contribution in [2.75, 3.05) is 0 Å². The Morgan fingerprint density at radius 1 is 1.16 bits per heavy atom. The number of halogens is 2. The lowest BCUT2D eigenvalue weighted by Crippen LogP contribution is -2.00. The molecule has 0 unspecified atom stereocenters. The van der Waals surface area contributed by atoms with Crippen molar-refractivity contribution >= 4 is 17.7 Å². The molecule has 0 saturated carbocycles. The van der Waals surface area contributed by atoms with E-state index in [0.29, 0.717) is 10.6 Å². The van der Waals surface area contributed by atoms with Crippen LogP contribution < -0.4 is 0 Å². The molecule has 0 amide bonds. The van der Waals surface area contributed by atoms with E-state index in [9.17, 15) is 13.6 Å². The van der Waals surface area contributed by atoms with Crippen molar-refractivity contribution in [3.63, 3.8) is 0 Å². The summed E-state index contributed by atoms with van der Waals surface area (Å²) in [6.07, 6.45) is 0. The molecule has 2 nitrogen and oxygen atoms in total. The van der Waals surface area contributed by atoms with Crippen LogP contribution in [-0.4, -0.2) is 11.1 Å². The van der Waals surface area contributed by atoms with Crippen LogP contribution in [0.15, 0.2) is 47.4 Å². The maximum atomic E-state index is 13.2. The first kappa shape index (κ1) is 13.5. The van der Waals surface area contributed by atoms with Gasteiger partial charge in [0.2, 0.25) is 0 Å². The standard InChI is InChI=1S/C14H10F2O2S/c15-10-3-1-2-9(6-10)8-19-11-4-5-13(16)12(7-11)14(17)18/h1-7H,8H2,(H,17,18). The minimum atomic E-state index is -1.30. The second-order valence-corrected chi connectivity index (χ2v) is 4.91. The van der Waals surface area contributed by atoms with E-state index in [2.05, 4.69) is 0 Å². The molecule has 5 heteroatoms. The van der Waals surface area contributed by atoms with Gasteiger partial charge in [0.1, 0.15) is 11.6 Å². The van der Waals surface area contributed by atoms with Crippen LogP contribution in [0, 0.1) is 11.6 Å². The van der Waals surface area contributed by atoms with Crippen LogP contribution in [0.25, 0.3) is 0 Å². The molecule has 0 saturated heterocycles. The van der Waals surface area contributed by atoms with Crippen LogP contribution in [0.5, 0.6) is 0 Å². The molecule has 0 aliphatic heterocycles. The minimum absolute atomic E-state index is 0.316. The van der Waals surface area contributed by atoms with Crippen molar-refractivity contribution in [1.82, 2.24) is 0 Å². The average Bonchev–Trinajstić information content (AvgIpc) is 2.37. The fourth-order valence-electron chi connectivity index (χ4n) is 1.55. The van der Waals surface area contributed by atoms with E-state index in [0.717, 1.165) is 11.6 Å². The van der Waals surface area contributed by atoms with Crippen molar-refractivity contribution in [1.29, 1.82) is 0 Å². The second-order valence-electron chi connectivity index (χ2n) is 3.87. The summed E-state index contributed by atoms with van der Waals surface area (Å²) < 4.78 is 26.2. The van der Waals surface area contributed by atoms with Gasteiger partial charge in [-0.25, -0.2) is 13.6 Å². The maximum Gasteiger partial charge on any atom is 0.338 e. The van der Waals surface area contributed by atoms with Gasteiger partial charge in [0.25, 0.3) is 0 Å². The summed E-state index contributed by atoms with van der Waals surface area (Å²) in [6, 6.07) is 10.1. The molecule has 0 fully saturated rings. The van der Waals surface area contributed by atoms with E-state index in [-0.39, 0.29) is 11.4 Å². The van der Waals surface area contributed by atoms with E-state index >= 15 is 0 Å². The zero-order valence-electron chi connectivity index (χ0n) is 9.77. The zero-order valence-corrected chi connectivity index (χ0v) is 10.6. The number of carboxylic acids is 1. The smallest absolute Gasteiger partial charge is 0.338 e. The molecule has 2 rings (SSSR count). The molecule has 0 heterocycles. The number of benzene rings is 2. The van der Waals surface area contributed by atoms with E-state index in [4.69, 9.17) is 5.11 Å². The van der Waals surface area contributed by atoms with Gasteiger partial charge >= 0.3 is 5.97 Å². The predicted molar refractivity (Wildman–Crippen MR) is 69.3 cm³/mol. The van der Waals surface area contributed by atoms with Crippen molar-refractivity contribution in [3.05, 3.63) is 65.2 Å². The highest BCUT2D eigenvalue weighted by Gasteiger charge is 2.11. The van der Waals surface area contributed by atoms with Gasteiger partial charge in [0.05, 0.1) is 5.56 Å². The summed E-state index contributed by atoms with van der Waals surface area (Å²) in [5.74, 6) is -1.89. The lowest BCUT2D eigenvalue weighted by molar-refractivity contribution is 0.0691. The summed E-state index contributed by atoms with van der Waals surface area (Å²) in [5, 5.41) is 8.81. The minimum Gasteiger partial charge on any atom is -0.478 e. The topological polar surface area (TPSA) is 37.3 Å². The van der Waals surface area contributed by atoms with Crippen LogP contribution >= 0.6 is 11.8 Å². The average molecular weight is 280 g/mol. The molecule has 98 valence electrons. The molecule has 1 N–H and O–H groups in total. The molecule has 0 atom stereocenters. The quantitative estimate of drug-likeness (QED) is 0.861. The van der Waals surface area contributed by atoms with Gasteiger partial charge in [0, 0.05) is 10.6 Å². The number of carbonyl (C=O) groups is 1. The molecule has 0 bridgehead atoms. The molecule has 0 aliphatic rings. The monoisotopic (exact) mass is 280 g/mol. The molecule has 19 heavy (non-hydrogen) atoms. The Morgan fingerprint density at radius 3 is 2.63 bits per heavy atom. The van der Waals surface area contributed by atoms with Crippen LogP contribution in [0.3, 0.4) is 0 Å². The van der Waals surface area contributed by atoms with Gasteiger partial charge < -0.3 is 5.11 Å². The normalized spacial score (nSPS) is 10.4.